The summed E-state index contributed by atoms with van der Waals surface area (Å²) in [5.41, 5.74) is 7.64. The first-order chi connectivity index (χ1) is 19.1. The van der Waals surface area contributed by atoms with Crippen LogP contribution < -0.4 is 0 Å². The molecular formula is C33H32FN5. The van der Waals surface area contributed by atoms with Crippen LogP contribution in [0.4, 0.5) is 4.39 Å². The van der Waals surface area contributed by atoms with Crippen molar-refractivity contribution in [3.05, 3.63) is 96.7 Å². The van der Waals surface area contributed by atoms with E-state index < -0.39 is 0 Å². The summed E-state index contributed by atoms with van der Waals surface area (Å²) in [6, 6.07) is 12.7. The maximum absolute atomic E-state index is 14.6. The largest absolute Gasteiger partial charge is 0.353 e. The van der Waals surface area contributed by atoms with E-state index in [1.165, 1.54) is 43.7 Å². The molecule has 5 nitrogen and oxygen atoms in total. The van der Waals surface area contributed by atoms with Gasteiger partial charge in [-0.1, -0.05) is 63.0 Å². The summed E-state index contributed by atoms with van der Waals surface area (Å²) < 4.78 is 14.6. The standard InChI is InChI=1S/C33H32FN5/c1-3-21(16-22-10-6-5-7-11-22)17-23(4-2)29-18-26-31(20-36-29)38-39-33(26)30-19-25-28(37-30)14-15-35-32(25)24-12-8-9-13-27(24)34/h3-4,8-9,12-15,17-20,22,37H,1,5-7,10-11,16H2,2H3,(H,38,39)/b21-17+,23-4+. The Morgan fingerprint density at radius 2 is 1.85 bits per heavy atom. The Kier molecular flexibility index (Phi) is 6.93. The molecule has 2 N–H and O–H groups in total. The summed E-state index contributed by atoms with van der Waals surface area (Å²) in [5.74, 6) is 0.443. The van der Waals surface area contributed by atoms with Crippen LogP contribution in [0.5, 0.6) is 0 Å². The lowest BCUT2D eigenvalue weighted by atomic mass is 9.84. The predicted octanol–water partition coefficient (Wildman–Crippen LogP) is 8.79. The smallest absolute Gasteiger partial charge is 0.132 e. The maximum atomic E-state index is 14.6. The number of nitrogens with one attached hydrogen (secondary N) is 2. The Morgan fingerprint density at radius 3 is 2.64 bits per heavy atom. The molecule has 6 heteroatoms. The van der Waals surface area contributed by atoms with Crippen LogP contribution in [0.25, 0.3) is 50.0 Å². The number of rotatable bonds is 7. The number of halogens is 1. The molecule has 39 heavy (non-hydrogen) atoms. The van der Waals surface area contributed by atoms with Crippen molar-refractivity contribution in [1.29, 1.82) is 0 Å². The summed E-state index contributed by atoms with van der Waals surface area (Å²) >= 11 is 0. The minimum absolute atomic E-state index is 0.296. The molecule has 0 atom stereocenters. The molecule has 4 aromatic heterocycles. The second-order valence-corrected chi connectivity index (χ2v) is 10.3. The molecule has 0 unspecified atom stereocenters. The van der Waals surface area contributed by atoms with Crippen molar-refractivity contribution in [3.63, 3.8) is 0 Å². The van der Waals surface area contributed by atoms with Gasteiger partial charge in [-0.15, -0.1) is 0 Å². The van der Waals surface area contributed by atoms with Gasteiger partial charge in [0.1, 0.15) is 11.5 Å². The lowest BCUT2D eigenvalue weighted by Crippen LogP contribution is -2.06. The van der Waals surface area contributed by atoms with Crippen molar-refractivity contribution < 1.29 is 4.39 Å². The van der Waals surface area contributed by atoms with Crippen LogP contribution in [-0.4, -0.2) is 25.1 Å². The van der Waals surface area contributed by atoms with E-state index in [2.05, 4.69) is 45.0 Å². The Morgan fingerprint density at radius 1 is 1.03 bits per heavy atom. The number of allylic oxidation sites excluding steroid dienone is 5. The van der Waals surface area contributed by atoms with E-state index >= 15 is 0 Å². The van der Waals surface area contributed by atoms with E-state index in [1.54, 1.807) is 18.3 Å². The summed E-state index contributed by atoms with van der Waals surface area (Å²) in [6.07, 6.45) is 17.6. The minimum Gasteiger partial charge on any atom is -0.353 e. The molecule has 0 spiro atoms. The van der Waals surface area contributed by atoms with Gasteiger partial charge in [-0.25, -0.2) is 4.39 Å². The molecule has 0 radical (unpaired) electrons. The van der Waals surface area contributed by atoms with Crippen LogP contribution in [0.2, 0.25) is 0 Å². The highest BCUT2D eigenvalue weighted by Crippen LogP contribution is 2.35. The van der Waals surface area contributed by atoms with Gasteiger partial charge >= 0.3 is 0 Å². The summed E-state index contributed by atoms with van der Waals surface area (Å²) in [5, 5.41) is 9.55. The first kappa shape index (κ1) is 25.0. The van der Waals surface area contributed by atoms with Gasteiger partial charge in [0, 0.05) is 28.0 Å². The Labute approximate surface area is 227 Å². The van der Waals surface area contributed by atoms with Crippen molar-refractivity contribution in [1.82, 2.24) is 25.1 Å². The highest BCUT2D eigenvalue weighted by Gasteiger charge is 2.18. The highest BCUT2D eigenvalue weighted by molar-refractivity contribution is 6.00. The van der Waals surface area contributed by atoms with Crippen LogP contribution in [-0.2, 0) is 0 Å². The highest BCUT2D eigenvalue weighted by atomic mass is 19.1. The van der Waals surface area contributed by atoms with Gasteiger partial charge in [0.2, 0.25) is 0 Å². The third kappa shape index (κ3) is 4.94. The van der Waals surface area contributed by atoms with Gasteiger partial charge in [0.05, 0.1) is 28.8 Å². The second kappa shape index (κ2) is 10.8. The van der Waals surface area contributed by atoms with Gasteiger partial charge in [-0.3, -0.25) is 15.1 Å². The number of hydrogen-bond acceptors (Lipinski definition) is 3. The van der Waals surface area contributed by atoms with E-state index in [4.69, 9.17) is 4.98 Å². The minimum atomic E-state index is -0.296. The monoisotopic (exact) mass is 517 g/mol. The van der Waals surface area contributed by atoms with Gasteiger partial charge in [-0.05, 0) is 66.8 Å². The molecule has 5 aromatic rings. The van der Waals surface area contributed by atoms with Crippen LogP contribution in [0.1, 0.15) is 51.1 Å². The summed E-state index contributed by atoms with van der Waals surface area (Å²) in [4.78, 5) is 12.7. The van der Waals surface area contributed by atoms with Gasteiger partial charge in [-0.2, -0.15) is 5.10 Å². The van der Waals surface area contributed by atoms with Gasteiger partial charge in [0.25, 0.3) is 0 Å². The Hall–Kier alpha value is -4.32. The molecule has 6 rings (SSSR count). The second-order valence-electron chi connectivity index (χ2n) is 10.3. The number of fused-ring (bicyclic) bond motifs is 2. The first-order valence-corrected chi connectivity index (χ1v) is 13.7. The van der Waals surface area contributed by atoms with Crippen LogP contribution in [0.15, 0.2) is 85.2 Å². The van der Waals surface area contributed by atoms with Crippen LogP contribution in [0, 0.1) is 11.7 Å². The zero-order valence-corrected chi connectivity index (χ0v) is 22.2. The molecule has 1 aromatic carbocycles. The molecule has 0 amide bonds. The van der Waals surface area contributed by atoms with Crippen molar-refractivity contribution in [2.45, 2.75) is 45.4 Å². The first-order valence-electron chi connectivity index (χ1n) is 13.7. The maximum Gasteiger partial charge on any atom is 0.132 e. The number of benzene rings is 1. The lowest BCUT2D eigenvalue weighted by molar-refractivity contribution is 0.358. The molecule has 0 aliphatic heterocycles. The molecule has 4 heterocycles. The van der Waals surface area contributed by atoms with Crippen molar-refractivity contribution in [3.8, 4) is 22.6 Å². The summed E-state index contributed by atoms with van der Waals surface area (Å²) in [6.45, 7) is 6.14. The molecule has 1 saturated carbocycles. The predicted molar refractivity (Wildman–Crippen MR) is 157 cm³/mol. The summed E-state index contributed by atoms with van der Waals surface area (Å²) in [7, 11) is 0. The number of aromatic nitrogens is 5. The third-order valence-corrected chi connectivity index (χ3v) is 7.84. The number of nitrogens with zero attached hydrogens (tertiary/aromatic N) is 3. The molecule has 196 valence electrons. The third-order valence-electron chi connectivity index (χ3n) is 7.84. The molecule has 1 aliphatic rings. The van der Waals surface area contributed by atoms with E-state index in [0.29, 0.717) is 11.3 Å². The Balaban J connectivity index is 1.37. The number of H-pyrrole nitrogens is 2. The fourth-order valence-corrected chi connectivity index (χ4v) is 5.76. The van der Waals surface area contributed by atoms with Crippen molar-refractivity contribution in [2.24, 2.45) is 5.92 Å². The van der Waals surface area contributed by atoms with Crippen LogP contribution in [0.3, 0.4) is 0 Å². The average molecular weight is 518 g/mol. The molecule has 0 saturated heterocycles. The quantitative estimate of drug-likeness (QED) is 0.212. The van der Waals surface area contributed by atoms with E-state index in [9.17, 15) is 4.39 Å². The number of hydrogen-bond donors (Lipinski definition) is 2. The molecule has 1 fully saturated rings. The van der Waals surface area contributed by atoms with Crippen LogP contribution >= 0.6 is 0 Å². The van der Waals surface area contributed by atoms with E-state index in [1.807, 2.05) is 37.4 Å². The zero-order valence-electron chi connectivity index (χ0n) is 22.2. The van der Waals surface area contributed by atoms with Gasteiger partial charge < -0.3 is 4.98 Å². The zero-order chi connectivity index (χ0) is 26.8. The molecule has 0 bridgehead atoms. The molecular weight excluding hydrogens is 485 g/mol. The SMILES string of the molecule is C=C/C(=C\C(=C/C)c1cc2c(-c3cc4c(-c5ccccc5F)nccc4[nH]3)n[nH]c2cn1)CC1CCCCC1. The van der Waals surface area contributed by atoms with Gasteiger partial charge in [0.15, 0.2) is 0 Å². The number of pyridine rings is 2. The van der Waals surface area contributed by atoms with E-state index in [0.717, 1.165) is 56.8 Å². The normalized spacial score (nSPS) is 15.3. The Bertz CT molecular complexity index is 1710. The van der Waals surface area contributed by atoms with E-state index in [-0.39, 0.29) is 5.82 Å². The number of aromatic amines is 2. The fourth-order valence-electron chi connectivity index (χ4n) is 5.76. The fraction of sp³-hybridized carbons (Fsp3) is 0.242. The van der Waals surface area contributed by atoms with Crippen molar-refractivity contribution >= 4 is 27.4 Å². The van der Waals surface area contributed by atoms with Crippen molar-refractivity contribution in [2.75, 3.05) is 0 Å². The topological polar surface area (TPSA) is 70.2 Å². The molecule has 1 aliphatic carbocycles. The average Bonchev–Trinajstić information content (AvgIpc) is 3.60. The lowest BCUT2D eigenvalue weighted by Gasteiger charge is -2.22.